The summed E-state index contributed by atoms with van der Waals surface area (Å²) in [5.41, 5.74) is 0.211. The van der Waals surface area contributed by atoms with Crippen LogP contribution in [0.15, 0.2) is 36.6 Å². The Balaban J connectivity index is 3.00. The summed E-state index contributed by atoms with van der Waals surface area (Å²) < 4.78 is 4.96. The Morgan fingerprint density at radius 2 is 1.79 bits per heavy atom. The minimum atomic E-state index is -0.536. The van der Waals surface area contributed by atoms with Gasteiger partial charge in [-0.3, -0.25) is 4.79 Å². The molecular weight excluding hydrogens is 242 g/mol. The molecule has 0 spiro atoms. The normalized spacial score (nSPS) is 10.7. The number of rotatable bonds is 3. The Hall–Kier alpha value is -2.10. The minimum Gasteiger partial charge on any atom is -0.428 e. The second-order valence-corrected chi connectivity index (χ2v) is 5.34. The smallest absolute Gasteiger partial charge is 0.345 e. The predicted molar refractivity (Wildman–Crippen MR) is 74.8 cm³/mol. The summed E-state index contributed by atoms with van der Waals surface area (Å²) in [4.78, 5) is 23.8. The number of carbonyl (C=O) groups excluding carboxylic acids is 2. The van der Waals surface area contributed by atoms with Gasteiger partial charge in [0.05, 0.1) is 17.0 Å². The molecule has 102 valence electrons. The number of hydrogen-bond acceptors (Lipinski definition) is 3. The SMILES string of the molecule is C=C(C)OC(=O)c1ccccc1NC(=O)C(C)(C)C. The molecule has 0 bridgehead atoms. The van der Waals surface area contributed by atoms with Crippen LogP contribution in [0.2, 0.25) is 0 Å². The van der Waals surface area contributed by atoms with Gasteiger partial charge in [0, 0.05) is 5.41 Å². The Morgan fingerprint density at radius 3 is 2.32 bits per heavy atom. The maximum atomic E-state index is 12.0. The van der Waals surface area contributed by atoms with E-state index in [1.54, 1.807) is 52.0 Å². The zero-order valence-electron chi connectivity index (χ0n) is 11.7. The van der Waals surface area contributed by atoms with Crippen LogP contribution < -0.4 is 5.32 Å². The first-order valence-corrected chi connectivity index (χ1v) is 6.00. The quantitative estimate of drug-likeness (QED) is 0.670. The molecule has 1 aromatic carbocycles. The third-order valence-corrected chi connectivity index (χ3v) is 2.34. The van der Waals surface area contributed by atoms with E-state index in [0.29, 0.717) is 17.0 Å². The van der Waals surface area contributed by atoms with E-state index in [-0.39, 0.29) is 5.91 Å². The molecule has 0 aliphatic heterocycles. The third-order valence-electron chi connectivity index (χ3n) is 2.34. The molecule has 0 aromatic heterocycles. The summed E-state index contributed by atoms with van der Waals surface area (Å²) in [5.74, 6) is -0.387. The van der Waals surface area contributed by atoms with Crippen molar-refractivity contribution in [2.45, 2.75) is 27.7 Å². The van der Waals surface area contributed by atoms with Gasteiger partial charge < -0.3 is 10.1 Å². The fraction of sp³-hybridized carbons (Fsp3) is 0.333. The Morgan fingerprint density at radius 1 is 1.21 bits per heavy atom. The standard InChI is InChI=1S/C15H19NO3/c1-10(2)19-13(17)11-8-6-7-9-12(11)16-14(18)15(3,4)5/h6-9H,1H2,2-5H3,(H,16,18). The summed E-state index contributed by atoms with van der Waals surface area (Å²) in [6, 6.07) is 6.72. The maximum absolute atomic E-state index is 12.0. The first kappa shape index (κ1) is 15.0. The molecule has 0 unspecified atom stereocenters. The number of carbonyl (C=O) groups is 2. The van der Waals surface area contributed by atoms with E-state index in [9.17, 15) is 9.59 Å². The Bertz CT molecular complexity index is 512. The molecule has 0 saturated carbocycles. The molecule has 0 aliphatic rings. The highest BCUT2D eigenvalue weighted by molar-refractivity contribution is 6.02. The van der Waals surface area contributed by atoms with Gasteiger partial charge in [-0.15, -0.1) is 0 Å². The lowest BCUT2D eigenvalue weighted by Gasteiger charge is -2.19. The van der Waals surface area contributed by atoms with Crippen LogP contribution in [0.5, 0.6) is 0 Å². The van der Waals surface area contributed by atoms with Crippen molar-refractivity contribution in [3.63, 3.8) is 0 Å². The second kappa shape index (κ2) is 5.69. The van der Waals surface area contributed by atoms with Crippen LogP contribution in [-0.4, -0.2) is 11.9 Å². The first-order chi connectivity index (χ1) is 8.71. The fourth-order valence-corrected chi connectivity index (χ4v) is 1.29. The van der Waals surface area contributed by atoms with Crippen LogP contribution in [0.1, 0.15) is 38.1 Å². The molecule has 0 fully saturated rings. The van der Waals surface area contributed by atoms with Crippen LogP contribution in [0.25, 0.3) is 0 Å². The molecule has 1 aromatic rings. The number of nitrogens with one attached hydrogen (secondary N) is 1. The van der Waals surface area contributed by atoms with Gasteiger partial charge in [0.25, 0.3) is 0 Å². The molecule has 1 rings (SSSR count). The third kappa shape index (κ3) is 4.25. The Labute approximate surface area is 113 Å². The molecule has 19 heavy (non-hydrogen) atoms. The van der Waals surface area contributed by atoms with Gasteiger partial charge in [0.2, 0.25) is 5.91 Å². The fourth-order valence-electron chi connectivity index (χ4n) is 1.29. The summed E-state index contributed by atoms with van der Waals surface area (Å²) >= 11 is 0. The van der Waals surface area contributed by atoms with E-state index in [2.05, 4.69) is 11.9 Å². The zero-order valence-corrected chi connectivity index (χ0v) is 11.7. The summed E-state index contributed by atoms with van der Waals surface area (Å²) in [5, 5.41) is 2.74. The first-order valence-electron chi connectivity index (χ1n) is 6.00. The molecule has 1 N–H and O–H groups in total. The van der Waals surface area contributed by atoms with E-state index in [4.69, 9.17) is 4.74 Å². The molecule has 4 heteroatoms. The van der Waals surface area contributed by atoms with Crippen molar-refractivity contribution >= 4 is 17.6 Å². The highest BCUT2D eigenvalue weighted by atomic mass is 16.5. The number of ether oxygens (including phenoxy) is 1. The van der Waals surface area contributed by atoms with Gasteiger partial charge in [-0.1, -0.05) is 39.5 Å². The molecule has 1 amide bonds. The van der Waals surface area contributed by atoms with Crippen molar-refractivity contribution in [1.29, 1.82) is 0 Å². The van der Waals surface area contributed by atoms with Gasteiger partial charge in [0.15, 0.2) is 0 Å². The van der Waals surface area contributed by atoms with Gasteiger partial charge in [0.1, 0.15) is 0 Å². The number of allylic oxidation sites excluding steroid dienone is 1. The van der Waals surface area contributed by atoms with Gasteiger partial charge in [-0.05, 0) is 19.1 Å². The average molecular weight is 261 g/mol. The number of amides is 1. The van der Waals surface area contributed by atoms with Gasteiger partial charge >= 0.3 is 5.97 Å². The van der Waals surface area contributed by atoms with Crippen LogP contribution in [0.3, 0.4) is 0 Å². The predicted octanol–water partition coefficient (Wildman–Crippen LogP) is 3.36. The summed E-state index contributed by atoms with van der Waals surface area (Å²) in [7, 11) is 0. The number of para-hydroxylation sites is 1. The molecule has 0 heterocycles. The lowest BCUT2D eigenvalue weighted by atomic mass is 9.95. The van der Waals surface area contributed by atoms with Crippen LogP contribution >= 0.6 is 0 Å². The summed E-state index contributed by atoms with van der Waals surface area (Å²) in [6.07, 6.45) is 0. The van der Waals surface area contributed by atoms with Crippen molar-refractivity contribution in [3.05, 3.63) is 42.2 Å². The van der Waals surface area contributed by atoms with E-state index < -0.39 is 11.4 Å². The minimum absolute atomic E-state index is 0.164. The van der Waals surface area contributed by atoms with Crippen molar-refractivity contribution < 1.29 is 14.3 Å². The molecule has 0 aliphatic carbocycles. The number of esters is 1. The topological polar surface area (TPSA) is 55.4 Å². The summed E-state index contributed by atoms with van der Waals surface area (Å²) in [6.45, 7) is 10.5. The van der Waals surface area contributed by atoms with Crippen molar-refractivity contribution in [2.75, 3.05) is 5.32 Å². The van der Waals surface area contributed by atoms with Crippen LogP contribution in [0.4, 0.5) is 5.69 Å². The Kier molecular flexibility index (Phi) is 4.48. The monoisotopic (exact) mass is 261 g/mol. The molecular formula is C15H19NO3. The van der Waals surface area contributed by atoms with Crippen LogP contribution in [-0.2, 0) is 9.53 Å². The van der Waals surface area contributed by atoms with Crippen LogP contribution in [0, 0.1) is 5.41 Å². The van der Waals surface area contributed by atoms with Gasteiger partial charge in [-0.2, -0.15) is 0 Å². The maximum Gasteiger partial charge on any atom is 0.345 e. The lowest BCUT2D eigenvalue weighted by Crippen LogP contribution is -2.28. The van der Waals surface area contributed by atoms with E-state index in [1.165, 1.54) is 0 Å². The number of hydrogen-bond donors (Lipinski definition) is 1. The van der Waals surface area contributed by atoms with Crippen molar-refractivity contribution in [3.8, 4) is 0 Å². The number of benzene rings is 1. The number of anilines is 1. The van der Waals surface area contributed by atoms with E-state index in [1.807, 2.05) is 0 Å². The lowest BCUT2D eigenvalue weighted by molar-refractivity contribution is -0.123. The van der Waals surface area contributed by atoms with Crippen molar-refractivity contribution in [1.82, 2.24) is 0 Å². The van der Waals surface area contributed by atoms with E-state index >= 15 is 0 Å². The highest BCUT2D eigenvalue weighted by Gasteiger charge is 2.23. The molecule has 0 saturated heterocycles. The zero-order chi connectivity index (χ0) is 14.6. The van der Waals surface area contributed by atoms with Crippen molar-refractivity contribution in [2.24, 2.45) is 5.41 Å². The highest BCUT2D eigenvalue weighted by Crippen LogP contribution is 2.21. The molecule has 0 atom stereocenters. The van der Waals surface area contributed by atoms with Gasteiger partial charge in [-0.25, -0.2) is 4.79 Å². The second-order valence-electron chi connectivity index (χ2n) is 5.34. The largest absolute Gasteiger partial charge is 0.428 e. The average Bonchev–Trinajstić information content (AvgIpc) is 2.27. The molecule has 0 radical (unpaired) electrons. The van der Waals surface area contributed by atoms with E-state index in [0.717, 1.165) is 0 Å². The molecule has 4 nitrogen and oxygen atoms in total.